The second kappa shape index (κ2) is 10.8. The van der Waals surface area contributed by atoms with E-state index in [0.717, 1.165) is 43.4 Å². The van der Waals surface area contributed by atoms with Gasteiger partial charge in [-0.3, -0.25) is 9.59 Å². The van der Waals surface area contributed by atoms with E-state index >= 15 is 8.78 Å². The van der Waals surface area contributed by atoms with Crippen LogP contribution in [0.5, 0.6) is 5.75 Å². The van der Waals surface area contributed by atoms with E-state index in [2.05, 4.69) is 0 Å². The molecule has 0 unspecified atom stereocenters. The van der Waals surface area contributed by atoms with Gasteiger partial charge in [-0.05, 0) is 75.1 Å². The summed E-state index contributed by atoms with van der Waals surface area (Å²) < 4.78 is 35.8. The molecule has 0 aromatic heterocycles. The van der Waals surface area contributed by atoms with E-state index in [0.29, 0.717) is 28.9 Å². The minimum absolute atomic E-state index is 0.00923. The molecule has 1 heterocycles. The first-order valence-electron chi connectivity index (χ1n) is 13.8. The summed E-state index contributed by atoms with van der Waals surface area (Å²) in [5, 5.41) is 11.9. The van der Waals surface area contributed by atoms with Gasteiger partial charge in [-0.25, -0.2) is 0 Å². The maximum Gasteiger partial charge on any atom is 0.318 e. The van der Waals surface area contributed by atoms with Crippen LogP contribution in [0, 0.1) is 5.41 Å². The number of rotatable bonds is 6. The summed E-state index contributed by atoms with van der Waals surface area (Å²) in [7, 11) is 3.39. The average molecular weight is 593 g/mol. The number of carbonyl (C=O) groups excluding carboxylic acids is 2. The second-order valence-corrected chi connectivity index (χ2v) is 13.1. The van der Waals surface area contributed by atoms with Crippen molar-refractivity contribution in [1.82, 2.24) is 9.80 Å². The standard InChI is InChI=1S/C30H35ClF2N2O4S/c1-4-39-24-7-5-6-22-25(24)30(32,33)29(22,38)27(37)35-16-14-28(15-17-35)12-10-19(11-13-28)40-20-8-9-21(23(31)18-20)26(36)34(2)3/h5-9,18-19,38H,4,10-17H2,1-3H3/t29-/m0/s1. The van der Waals surface area contributed by atoms with Gasteiger partial charge in [0.1, 0.15) is 5.75 Å². The summed E-state index contributed by atoms with van der Waals surface area (Å²) in [6, 6.07) is 9.93. The molecule has 3 aliphatic rings. The molecule has 2 aromatic rings. The number of likely N-dealkylation sites (tertiary alicyclic amines) is 1. The lowest BCUT2D eigenvalue weighted by atomic mass is 9.66. The van der Waals surface area contributed by atoms with Crippen LogP contribution in [0.1, 0.15) is 66.9 Å². The maximum absolute atomic E-state index is 15.3. The minimum atomic E-state index is -3.71. The molecule has 0 bridgehead atoms. The SMILES string of the molecule is CCOc1cccc2c1C(F)(F)[C@@]2(O)C(=O)N1CCC2(CCC(Sc3ccc(C(=O)N(C)C)c(Cl)c3)CC2)CC1. The summed E-state index contributed by atoms with van der Waals surface area (Å²) in [6.45, 7) is 2.62. The highest BCUT2D eigenvalue weighted by atomic mass is 35.5. The van der Waals surface area contributed by atoms with Gasteiger partial charge in [0.05, 0.1) is 22.8 Å². The molecule has 1 saturated carbocycles. The lowest BCUT2D eigenvalue weighted by Gasteiger charge is -2.50. The number of hydrogen-bond donors (Lipinski definition) is 1. The van der Waals surface area contributed by atoms with Crippen molar-refractivity contribution in [3.05, 3.63) is 58.1 Å². The third kappa shape index (κ3) is 4.77. The number of hydrogen-bond acceptors (Lipinski definition) is 5. The molecule has 216 valence electrons. The van der Waals surface area contributed by atoms with E-state index < -0.39 is 23.0 Å². The van der Waals surface area contributed by atoms with Crippen LogP contribution in [0.15, 0.2) is 41.3 Å². The zero-order valence-electron chi connectivity index (χ0n) is 23.0. The first-order chi connectivity index (χ1) is 18.9. The largest absolute Gasteiger partial charge is 0.493 e. The average Bonchev–Trinajstić information content (AvgIpc) is 2.93. The van der Waals surface area contributed by atoms with Crippen LogP contribution in [-0.2, 0) is 16.3 Å². The summed E-state index contributed by atoms with van der Waals surface area (Å²) >= 11 is 8.16. The first-order valence-corrected chi connectivity index (χ1v) is 15.0. The smallest absolute Gasteiger partial charge is 0.318 e. The number of piperidine rings is 1. The van der Waals surface area contributed by atoms with Gasteiger partial charge in [0.15, 0.2) is 0 Å². The highest BCUT2D eigenvalue weighted by Gasteiger charge is 2.72. The predicted molar refractivity (Wildman–Crippen MR) is 151 cm³/mol. The summed E-state index contributed by atoms with van der Waals surface area (Å²) in [4.78, 5) is 29.5. The van der Waals surface area contributed by atoms with Crippen molar-refractivity contribution in [2.45, 2.75) is 67.1 Å². The first kappa shape index (κ1) is 29.1. The molecule has 1 spiro atoms. The molecule has 2 aliphatic carbocycles. The van der Waals surface area contributed by atoms with E-state index in [4.69, 9.17) is 16.3 Å². The maximum atomic E-state index is 15.3. The number of benzene rings is 2. The topological polar surface area (TPSA) is 70.1 Å². The Bertz CT molecular complexity index is 1300. The number of aliphatic hydroxyl groups is 1. The van der Waals surface area contributed by atoms with Crippen molar-refractivity contribution in [2.75, 3.05) is 33.8 Å². The molecule has 0 radical (unpaired) electrons. The van der Waals surface area contributed by atoms with Gasteiger partial charge in [0, 0.05) is 42.9 Å². The predicted octanol–water partition coefficient (Wildman–Crippen LogP) is 6.08. The zero-order chi connectivity index (χ0) is 28.9. The van der Waals surface area contributed by atoms with Crippen molar-refractivity contribution in [1.29, 1.82) is 0 Å². The normalized spacial score (nSPS) is 23.3. The Hall–Kier alpha value is -2.36. The molecule has 40 heavy (non-hydrogen) atoms. The van der Waals surface area contributed by atoms with Crippen LogP contribution in [0.3, 0.4) is 0 Å². The summed E-state index contributed by atoms with van der Waals surface area (Å²) in [5.74, 6) is -4.75. The lowest BCUT2D eigenvalue weighted by molar-refractivity contribution is -0.232. The Morgan fingerprint density at radius 2 is 1.80 bits per heavy atom. The Labute approximate surface area is 243 Å². The second-order valence-electron chi connectivity index (χ2n) is 11.3. The van der Waals surface area contributed by atoms with Crippen molar-refractivity contribution in [2.24, 2.45) is 5.41 Å². The van der Waals surface area contributed by atoms with Gasteiger partial charge in [0.2, 0.25) is 5.60 Å². The van der Waals surface area contributed by atoms with Crippen LogP contribution in [0.25, 0.3) is 0 Å². The Kier molecular flexibility index (Phi) is 7.87. The fourth-order valence-electron chi connectivity index (χ4n) is 6.38. The summed E-state index contributed by atoms with van der Waals surface area (Å²) in [6.07, 6.45) is 5.47. The van der Waals surface area contributed by atoms with Crippen molar-refractivity contribution < 1.29 is 28.2 Å². The van der Waals surface area contributed by atoms with Gasteiger partial charge in [-0.2, -0.15) is 8.78 Å². The third-order valence-corrected chi connectivity index (χ3v) is 10.4. The van der Waals surface area contributed by atoms with Crippen molar-refractivity contribution >= 4 is 35.2 Å². The summed E-state index contributed by atoms with van der Waals surface area (Å²) in [5.41, 5.74) is -2.74. The molecule has 1 N–H and O–H groups in total. The van der Waals surface area contributed by atoms with Crippen LogP contribution >= 0.6 is 23.4 Å². The van der Waals surface area contributed by atoms with E-state index in [9.17, 15) is 14.7 Å². The molecule has 10 heteroatoms. The number of alkyl halides is 2. The molecular formula is C30H35ClF2N2O4S. The molecule has 2 fully saturated rings. The minimum Gasteiger partial charge on any atom is -0.493 e. The number of carbonyl (C=O) groups is 2. The van der Waals surface area contributed by atoms with Crippen LogP contribution in [0.4, 0.5) is 8.78 Å². The Morgan fingerprint density at radius 1 is 1.12 bits per heavy atom. The number of ether oxygens (including phenoxy) is 1. The molecule has 2 amide bonds. The van der Waals surface area contributed by atoms with Gasteiger partial charge < -0.3 is 19.6 Å². The number of amides is 2. The van der Waals surface area contributed by atoms with E-state index in [1.54, 1.807) is 38.8 Å². The monoisotopic (exact) mass is 592 g/mol. The molecule has 1 aliphatic heterocycles. The third-order valence-electron chi connectivity index (χ3n) is 8.78. The van der Waals surface area contributed by atoms with Crippen LogP contribution in [0.2, 0.25) is 5.02 Å². The number of nitrogens with zero attached hydrogens (tertiary/aromatic N) is 2. The highest BCUT2D eigenvalue weighted by molar-refractivity contribution is 8.00. The molecule has 2 aromatic carbocycles. The van der Waals surface area contributed by atoms with E-state index in [-0.39, 0.29) is 29.2 Å². The molecule has 5 rings (SSSR count). The van der Waals surface area contributed by atoms with Gasteiger partial charge in [0.25, 0.3) is 11.8 Å². The van der Waals surface area contributed by atoms with Crippen molar-refractivity contribution in [3.8, 4) is 5.75 Å². The molecule has 1 atom stereocenters. The van der Waals surface area contributed by atoms with E-state index in [1.165, 1.54) is 28.0 Å². The van der Waals surface area contributed by atoms with E-state index in [1.807, 2.05) is 12.1 Å². The van der Waals surface area contributed by atoms with Crippen LogP contribution < -0.4 is 4.74 Å². The highest BCUT2D eigenvalue weighted by Crippen LogP contribution is 2.61. The molecule has 6 nitrogen and oxygen atoms in total. The Morgan fingerprint density at radius 3 is 2.40 bits per heavy atom. The fourth-order valence-corrected chi connectivity index (χ4v) is 7.89. The molecule has 1 saturated heterocycles. The Balaban J connectivity index is 1.18. The lowest BCUT2D eigenvalue weighted by Crippen LogP contribution is -2.64. The quantitative estimate of drug-likeness (QED) is 0.440. The number of thioether (sulfide) groups is 1. The van der Waals surface area contributed by atoms with Gasteiger partial charge in [-0.1, -0.05) is 23.7 Å². The van der Waals surface area contributed by atoms with Crippen LogP contribution in [-0.4, -0.2) is 65.8 Å². The fraction of sp³-hybridized carbons (Fsp3) is 0.533. The number of halogens is 3. The van der Waals surface area contributed by atoms with Gasteiger partial charge in [-0.15, -0.1) is 11.8 Å². The van der Waals surface area contributed by atoms with Gasteiger partial charge >= 0.3 is 5.92 Å². The zero-order valence-corrected chi connectivity index (χ0v) is 24.6. The van der Waals surface area contributed by atoms with Crippen molar-refractivity contribution in [3.63, 3.8) is 0 Å². The number of fused-ring (bicyclic) bond motifs is 1. The molecular weight excluding hydrogens is 558 g/mol.